The number of rotatable bonds is 6. The zero-order chi connectivity index (χ0) is 19.4. The quantitative estimate of drug-likeness (QED) is 0.384. The number of para-hydroxylation sites is 1. The highest BCUT2D eigenvalue weighted by molar-refractivity contribution is 7.22. The second-order valence-corrected chi connectivity index (χ2v) is 6.86. The molecule has 0 aliphatic rings. The number of fused-ring (bicyclic) bond motifs is 1. The van der Waals surface area contributed by atoms with Crippen LogP contribution in [0.15, 0.2) is 53.6 Å². The average molecular weight is 383 g/mol. The van der Waals surface area contributed by atoms with Gasteiger partial charge in [0, 0.05) is 17.7 Å². The Morgan fingerprint density at radius 1 is 1.26 bits per heavy atom. The fourth-order valence-corrected chi connectivity index (χ4v) is 3.28. The van der Waals surface area contributed by atoms with E-state index in [4.69, 9.17) is 0 Å². The van der Waals surface area contributed by atoms with Gasteiger partial charge in [-0.3, -0.25) is 14.9 Å². The summed E-state index contributed by atoms with van der Waals surface area (Å²) in [5.74, 6) is -0.334. The van der Waals surface area contributed by atoms with Gasteiger partial charge in [0.05, 0.1) is 20.9 Å². The summed E-state index contributed by atoms with van der Waals surface area (Å²) in [6.07, 6.45) is 0. The summed E-state index contributed by atoms with van der Waals surface area (Å²) in [4.78, 5) is 27.1. The lowest BCUT2D eigenvalue weighted by atomic mass is 10.1. The lowest BCUT2D eigenvalue weighted by molar-refractivity contribution is -0.384. The molecule has 0 unspecified atom stereocenters. The molecule has 0 aliphatic carbocycles. The number of nitro groups is 1. The molecule has 8 nitrogen and oxygen atoms in total. The lowest BCUT2D eigenvalue weighted by Crippen LogP contribution is -2.35. The SMILES string of the molecule is C/C(=N/NC(=O)[C@@H](C)Nc1nc2ccccc2s1)c1cccc([N+](=O)[O-])c1. The molecule has 9 heteroatoms. The maximum Gasteiger partial charge on any atom is 0.270 e. The normalized spacial score (nSPS) is 12.6. The Labute approximate surface area is 159 Å². The monoisotopic (exact) mass is 383 g/mol. The van der Waals surface area contributed by atoms with Crippen molar-refractivity contribution in [2.75, 3.05) is 5.32 Å². The van der Waals surface area contributed by atoms with Crippen molar-refractivity contribution in [2.45, 2.75) is 19.9 Å². The summed E-state index contributed by atoms with van der Waals surface area (Å²) < 4.78 is 1.03. The van der Waals surface area contributed by atoms with E-state index in [1.54, 1.807) is 26.0 Å². The van der Waals surface area contributed by atoms with Gasteiger partial charge >= 0.3 is 0 Å². The number of carbonyl (C=O) groups excluding carboxylic acids is 1. The maximum absolute atomic E-state index is 12.3. The number of aromatic nitrogens is 1. The third kappa shape index (κ3) is 4.45. The number of nitro benzene ring substituents is 1. The summed E-state index contributed by atoms with van der Waals surface area (Å²) in [5.41, 5.74) is 4.36. The molecule has 1 atom stereocenters. The Bertz CT molecular complexity index is 998. The molecular formula is C18H17N5O3S. The van der Waals surface area contributed by atoms with E-state index >= 15 is 0 Å². The van der Waals surface area contributed by atoms with Crippen molar-refractivity contribution in [1.82, 2.24) is 10.4 Å². The number of nitrogens with one attached hydrogen (secondary N) is 2. The molecule has 138 valence electrons. The van der Waals surface area contributed by atoms with E-state index in [0.29, 0.717) is 16.4 Å². The second-order valence-electron chi connectivity index (χ2n) is 5.83. The molecule has 1 heterocycles. The van der Waals surface area contributed by atoms with Crippen LogP contribution < -0.4 is 10.7 Å². The zero-order valence-corrected chi connectivity index (χ0v) is 15.5. The minimum Gasteiger partial charge on any atom is -0.350 e. The van der Waals surface area contributed by atoms with Gasteiger partial charge in [0.15, 0.2) is 5.13 Å². The number of nitrogens with zero attached hydrogens (tertiary/aromatic N) is 3. The molecule has 27 heavy (non-hydrogen) atoms. The topological polar surface area (TPSA) is 110 Å². The molecule has 0 saturated heterocycles. The smallest absolute Gasteiger partial charge is 0.270 e. The standard InChI is InChI=1S/C18H17N5O3S/c1-11(13-6-5-7-14(10-13)23(25)26)21-22-17(24)12(2)19-18-20-15-8-3-4-9-16(15)27-18/h3-10,12H,1-2H3,(H,19,20)(H,22,24)/b21-11-/t12-/m1/s1. The number of non-ortho nitro benzene ring substituents is 1. The number of hydrogen-bond acceptors (Lipinski definition) is 7. The maximum atomic E-state index is 12.3. The highest BCUT2D eigenvalue weighted by Gasteiger charge is 2.15. The molecule has 0 fully saturated rings. The average Bonchev–Trinajstić information content (AvgIpc) is 3.08. The van der Waals surface area contributed by atoms with Crippen molar-refractivity contribution in [3.63, 3.8) is 0 Å². The Morgan fingerprint density at radius 3 is 2.78 bits per heavy atom. The number of carbonyl (C=O) groups is 1. The highest BCUT2D eigenvalue weighted by atomic mass is 32.1. The van der Waals surface area contributed by atoms with Crippen LogP contribution in [-0.2, 0) is 4.79 Å². The second kappa shape index (κ2) is 7.92. The van der Waals surface area contributed by atoms with Crippen LogP contribution in [0, 0.1) is 10.1 Å². The van der Waals surface area contributed by atoms with E-state index < -0.39 is 11.0 Å². The summed E-state index contributed by atoms with van der Waals surface area (Å²) in [6.45, 7) is 3.38. The van der Waals surface area contributed by atoms with Crippen molar-refractivity contribution in [3.8, 4) is 0 Å². The predicted molar refractivity (Wildman–Crippen MR) is 106 cm³/mol. The first kappa shape index (κ1) is 18.5. The molecule has 0 aliphatic heterocycles. The van der Waals surface area contributed by atoms with E-state index in [1.165, 1.54) is 23.5 Å². The van der Waals surface area contributed by atoms with E-state index in [9.17, 15) is 14.9 Å². The molecule has 2 N–H and O–H groups in total. The molecular weight excluding hydrogens is 366 g/mol. The van der Waals surface area contributed by atoms with Gasteiger partial charge in [-0.05, 0) is 26.0 Å². The van der Waals surface area contributed by atoms with Crippen molar-refractivity contribution in [2.24, 2.45) is 5.10 Å². The summed E-state index contributed by atoms with van der Waals surface area (Å²) in [6, 6.07) is 13.3. The van der Waals surface area contributed by atoms with E-state index in [1.807, 2.05) is 24.3 Å². The summed E-state index contributed by atoms with van der Waals surface area (Å²) >= 11 is 1.47. The molecule has 1 amide bonds. The Kier molecular flexibility index (Phi) is 5.41. The van der Waals surface area contributed by atoms with Crippen molar-refractivity contribution >= 4 is 44.0 Å². The van der Waals surface area contributed by atoms with Gasteiger partial charge in [0.25, 0.3) is 11.6 Å². The molecule has 3 rings (SSSR count). The first-order chi connectivity index (χ1) is 12.9. The fraction of sp³-hybridized carbons (Fsp3) is 0.167. The van der Waals surface area contributed by atoms with Gasteiger partial charge in [-0.2, -0.15) is 5.10 Å². The van der Waals surface area contributed by atoms with Gasteiger partial charge in [0.2, 0.25) is 0 Å². The third-order valence-electron chi connectivity index (χ3n) is 3.84. The molecule has 0 spiro atoms. The zero-order valence-electron chi connectivity index (χ0n) is 14.7. The van der Waals surface area contributed by atoms with Crippen molar-refractivity contribution < 1.29 is 9.72 Å². The number of thiazole rings is 1. The first-order valence-electron chi connectivity index (χ1n) is 8.15. The molecule has 0 radical (unpaired) electrons. The van der Waals surface area contributed by atoms with Crippen LogP contribution in [0.5, 0.6) is 0 Å². The van der Waals surface area contributed by atoms with E-state index in [2.05, 4.69) is 20.8 Å². The van der Waals surface area contributed by atoms with E-state index in [0.717, 1.165) is 10.2 Å². The van der Waals surface area contributed by atoms with Crippen LogP contribution in [0.3, 0.4) is 0 Å². The number of anilines is 1. The molecule has 0 bridgehead atoms. The highest BCUT2D eigenvalue weighted by Crippen LogP contribution is 2.25. The van der Waals surface area contributed by atoms with Crippen LogP contribution in [0.4, 0.5) is 10.8 Å². The predicted octanol–water partition coefficient (Wildman–Crippen LogP) is 3.55. The number of hydrogen-bond donors (Lipinski definition) is 2. The summed E-state index contributed by atoms with van der Waals surface area (Å²) in [5, 5.41) is 18.6. The fourth-order valence-electron chi connectivity index (χ4n) is 2.33. The van der Waals surface area contributed by atoms with Crippen LogP contribution in [-0.4, -0.2) is 27.6 Å². The number of benzene rings is 2. The molecule has 0 saturated carbocycles. The van der Waals surface area contributed by atoms with Crippen molar-refractivity contribution in [1.29, 1.82) is 0 Å². The number of amides is 1. The van der Waals surface area contributed by atoms with Crippen molar-refractivity contribution in [3.05, 3.63) is 64.2 Å². The van der Waals surface area contributed by atoms with Gasteiger partial charge in [-0.1, -0.05) is 35.6 Å². The van der Waals surface area contributed by atoms with Gasteiger partial charge in [-0.15, -0.1) is 0 Å². The third-order valence-corrected chi connectivity index (χ3v) is 4.80. The van der Waals surface area contributed by atoms with Crippen LogP contribution in [0.25, 0.3) is 10.2 Å². The molecule has 2 aromatic carbocycles. The summed E-state index contributed by atoms with van der Waals surface area (Å²) in [7, 11) is 0. The minimum atomic E-state index is -0.549. The Morgan fingerprint density at radius 2 is 2.04 bits per heavy atom. The van der Waals surface area contributed by atoms with Gasteiger partial charge in [-0.25, -0.2) is 10.4 Å². The Hall–Kier alpha value is -3.33. The van der Waals surface area contributed by atoms with Crippen LogP contribution in [0.2, 0.25) is 0 Å². The van der Waals surface area contributed by atoms with Crippen LogP contribution >= 0.6 is 11.3 Å². The van der Waals surface area contributed by atoms with Gasteiger partial charge < -0.3 is 5.32 Å². The Balaban J connectivity index is 1.64. The molecule has 1 aromatic heterocycles. The lowest BCUT2D eigenvalue weighted by Gasteiger charge is -2.11. The van der Waals surface area contributed by atoms with E-state index in [-0.39, 0.29) is 11.6 Å². The minimum absolute atomic E-state index is 0.0285. The largest absolute Gasteiger partial charge is 0.350 e. The van der Waals surface area contributed by atoms with Crippen LogP contribution in [0.1, 0.15) is 19.4 Å². The number of hydrazone groups is 1. The molecule has 3 aromatic rings. The first-order valence-corrected chi connectivity index (χ1v) is 8.97. The van der Waals surface area contributed by atoms with Gasteiger partial charge in [0.1, 0.15) is 6.04 Å².